The van der Waals surface area contributed by atoms with E-state index in [4.69, 9.17) is 14.6 Å². The van der Waals surface area contributed by atoms with Crippen LogP contribution >= 0.6 is 0 Å². The molecule has 8 heteroatoms. The minimum absolute atomic E-state index is 0.0130. The van der Waals surface area contributed by atoms with Crippen molar-refractivity contribution in [3.8, 4) is 0 Å². The lowest BCUT2D eigenvalue weighted by Gasteiger charge is -2.38. The van der Waals surface area contributed by atoms with E-state index in [0.717, 1.165) is 0 Å². The van der Waals surface area contributed by atoms with Crippen LogP contribution in [0.15, 0.2) is 0 Å². The molecule has 0 aromatic rings. The van der Waals surface area contributed by atoms with Gasteiger partial charge in [-0.1, -0.05) is 13.8 Å². The monoisotopic (exact) mass is 278 g/mol. The van der Waals surface area contributed by atoms with Crippen LogP contribution in [0, 0.1) is 5.92 Å². The Balaban J connectivity index is 2.72. The van der Waals surface area contributed by atoms with Crippen molar-refractivity contribution >= 4 is 11.9 Å². The Hall–Kier alpha value is -1.22. The summed E-state index contributed by atoms with van der Waals surface area (Å²) in [6, 6.07) is 0. The number of ether oxygens (including phenoxy) is 2. The summed E-state index contributed by atoms with van der Waals surface area (Å²) < 4.78 is 9.56. The lowest BCUT2D eigenvalue weighted by molar-refractivity contribution is -0.286. The van der Waals surface area contributed by atoms with Crippen LogP contribution in [0.4, 0.5) is 0 Å². The molecule has 0 bridgehead atoms. The van der Waals surface area contributed by atoms with E-state index in [0.29, 0.717) is 0 Å². The lowest BCUT2D eigenvalue weighted by atomic mass is 9.99. The van der Waals surface area contributed by atoms with E-state index in [-0.39, 0.29) is 12.3 Å². The zero-order valence-electron chi connectivity index (χ0n) is 10.6. The average molecular weight is 278 g/mol. The van der Waals surface area contributed by atoms with Crippen molar-refractivity contribution in [2.24, 2.45) is 5.92 Å². The van der Waals surface area contributed by atoms with Crippen LogP contribution in [0.2, 0.25) is 0 Å². The molecule has 19 heavy (non-hydrogen) atoms. The number of hydrogen-bond donors (Lipinski definition) is 4. The van der Waals surface area contributed by atoms with Crippen LogP contribution in [-0.2, 0) is 19.1 Å². The highest BCUT2D eigenvalue weighted by Gasteiger charge is 2.48. The van der Waals surface area contributed by atoms with E-state index in [1.165, 1.54) is 0 Å². The molecule has 0 aromatic heterocycles. The number of esters is 1. The maximum Gasteiger partial charge on any atom is 0.335 e. The van der Waals surface area contributed by atoms with Crippen molar-refractivity contribution in [1.82, 2.24) is 0 Å². The SMILES string of the molecule is CC(C)CC(=O)OC1OC(C(=O)O)C(O)C(O)C1O. The van der Waals surface area contributed by atoms with Gasteiger partial charge in [0.1, 0.15) is 18.3 Å². The number of aliphatic hydroxyl groups excluding tert-OH is 3. The molecular formula is C11H18O8. The first-order chi connectivity index (χ1) is 8.73. The summed E-state index contributed by atoms with van der Waals surface area (Å²) in [5, 5.41) is 37.3. The van der Waals surface area contributed by atoms with Gasteiger partial charge in [0.15, 0.2) is 6.10 Å². The summed E-state index contributed by atoms with van der Waals surface area (Å²) in [7, 11) is 0. The molecule has 0 saturated carbocycles. The second kappa shape index (κ2) is 6.29. The van der Waals surface area contributed by atoms with Crippen molar-refractivity contribution in [2.45, 2.75) is 51.0 Å². The number of carbonyl (C=O) groups excluding carboxylic acids is 1. The van der Waals surface area contributed by atoms with Gasteiger partial charge in [-0.2, -0.15) is 0 Å². The first-order valence-corrected chi connectivity index (χ1v) is 5.86. The van der Waals surface area contributed by atoms with Gasteiger partial charge in [-0.25, -0.2) is 4.79 Å². The molecule has 8 nitrogen and oxygen atoms in total. The highest BCUT2D eigenvalue weighted by molar-refractivity contribution is 5.73. The molecule has 1 saturated heterocycles. The zero-order chi connectivity index (χ0) is 14.7. The second-order valence-corrected chi connectivity index (χ2v) is 4.82. The molecule has 5 unspecified atom stereocenters. The molecular weight excluding hydrogens is 260 g/mol. The Morgan fingerprint density at radius 2 is 1.74 bits per heavy atom. The molecule has 1 rings (SSSR count). The molecule has 4 N–H and O–H groups in total. The summed E-state index contributed by atoms with van der Waals surface area (Å²) in [5.41, 5.74) is 0. The third-order valence-corrected chi connectivity index (χ3v) is 2.64. The van der Waals surface area contributed by atoms with Gasteiger partial charge in [-0.3, -0.25) is 4.79 Å². The molecule has 5 atom stereocenters. The largest absolute Gasteiger partial charge is 0.479 e. The predicted octanol–water partition coefficient (Wildman–Crippen LogP) is -1.53. The molecule has 0 amide bonds. The number of carbonyl (C=O) groups is 2. The van der Waals surface area contributed by atoms with Crippen molar-refractivity contribution < 1.29 is 39.5 Å². The third kappa shape index (κ3) is 3.87. The number of rotatable bonds is 4. The topological polar surface area (TPSA) is 134 Å². The van der Waals surface area contributed by atoms with Crippen LogP contribution in [0.25, 0.3) is 0 Å². The minimum atomic E-state index is -1.80. The zero-order valence-corrected chi connectivity index (χ0v) is 10.6. The van der Waals surface area contributed by atoms with Gasteiger partial charge in [-0.15, -0.1) is 0 Å². The van der Waals surface area contributed by atoms with Crippen LogP contribution < -0.4 is 0 Å². The van der Waals surface area contributed by atoms with E-state index in [2.05, 4.69) is 0 Å². The van der Waals surface area contributed by atoms with Crippen molar-refractivity contribution in [1.29, 1.82) is 0 Å². The molecule has 110 valence electrons. The van der Waals surface area contributed by atoms with Gasteiger partial charge < -0.3 is 29.9 Å². The lowest BCUT2D eigenvalue weighted by Crippen LogP contribution is -2.60. The summed E-state index contributed by atoms with van der Waals surface area (Å²) in [6.45, 7) is 3.55. The number of aliphatic hydroxyl groups is 3. The van der Waals surface area contributed by atoms with Gasteiger partial charge in [-0.05, 0) is 5.92 Å². The van der Waals surface area contributed by atoms with Gasteiger partial charge >= 0.3 is 11.9 Å². The van der Waals surface area contributed by atoms with Crippen LogP contribution in [0.1, 0.15) is 20.3 Å². The normalized spacial score (nSPS) is 35.2. The maximum absolute atomic E-state index is 11.4. The fourth-order valence-corrected chi connectivity index (χ4v) is 1.66. The quantitative estimate of drug-likeness (QED) is 0.455. The van der Waals surface area contributed by atoms with E-state index in [1.807, 2.05) is 0 Å². The van der Waals surface area contributed by atoms with E-state index in [1.54, 1.807) is 13.8 Å². The van der Waals surface area contributed by atoms with Crippen molar-refractivity contribution in [2.75, 3.05) is 0 Å². The van der Waals surface area contributed by atoms with Crippen molar-refractivity contribution in [3.05, 3.63) is 0 Å². The molecule has 0 aromatic carbocycles. The van der Waals surface area contributed by atoms with Gasteiger partial charge in [0.25, 0.3) is 0 Å². The van der Waals surface area contributed by atoms with Crippen molar-refractivity contribution in [3.63, 3.8) is 0 Å². The third-order valence-electron chi connectivity index (χ3n) is 2.64. The number of aliphatic carboxylic acids is 1. The smallest absolute Gasteiger partial charge is 0.335 e. The van der Waals surface area contributed by atoms with E-state index >= 15 is 0 Å². The molecule has 0 aliphatic carbocycles. The first-order valence-electron chi connectivity index (χ1n) is 5.86. The Labute approximate surface area is 109 Å². The Morgan fingerprint density at radius 3 is 2.21 bits per heavy atom. The maximum atomic E-state index is 11.4. The molecule has 0 spiro atoms. The van der Waals surface area contributed by atoms with Gasteiger partial charge in [0.05, 0.1) is 0 Å². The summed E-state index contributed by atoms with van der Waals surface area (Å²) in [5.74, 6) is -2.20. The first kappa shape index (κ1) is 15.8. The Kier molecular flexibility index (Phi) is 5.24. The average Bonchev–Trinajstić information content (AvgIpc) is 2.28. The predicted molar refractivity (Wildman–Crippen MR) is 59.9 cm³/mol. The minimum Gasteiger partial charge on any atom is -0.479 e. The Morgan fingerprint density at radius 1 is 1.16 bits per heavy atom. The Bertz CT molecular complexity index is 342. The molecule has 1 heterocycles. The second-order valence-electron chi connectivity index (χ2n) is 4.82. The number of hydrogen-bond acceptors (Lipinski definition) is 7. The highest BCUT2D eigenvalue weighted by atomic mass is 16.7. The standard InChI is InChI=1S/C11H18O8/c1-4(2)3-5(12)18-11-8(15)6(13)7(14)9(19-11)10(16)17/h4,6-9,11,13-15H,3H2,1-2H3,(H,16,17). The van der Waals surface area contributed by atoms with Crippen LogP contribution in [0.5, 0.6) is 0 Å². The fourth-order valence-electron chi connectivity index (χ4n) is 1.66. The number of carboxylic acids is 1. The number of carboxylic acid groups (broad SMARTS) is 1. The highest BCUT2D eigenvalue weighted by Crippen LogP contribution is 2.23. The van der Waals surface area contributed by atoms with E-state index < -0.39 is 42.6 Å². The molecule has 1 fully saturated rings. The fraction of sp³-hybridized carbons (Fsp3) is 0.818. The van der Waals surface area contributed by atoms with E-state index in [9.17, 15) is 24.9 Å². The summed E-state index contributed by atoms with van der Waals surface area (Å²) in [6.07, 6.45) is -8.61. The molecule has 1 aliphatic heterocycles. The van der Waals surface area contributed by atoms with Crippen LogP contribution in [-0.4, -0.2) is 63.1 Å². The van der Waals surface area contributed by atoms with Gasteiger partial charge in [0, 0.05) is 6.42 Å². The van der Waals surface area contributed by atoms with Gasteiger partial charge in [0.2, 0.25) is 6.29 Å². The van der Waals surface area contributed by atoms with Crippen LogP contribution in [0.3, 0.4) is 0 Å². The molecule has 0 radical (unpaired) electrons. The summed E-state index contributed by atoms with van der Waals surface area (Å²) >= 11 is 0. The summed E-state index contributed by atoms with van der Waals surface area (Å²) in [4.78, 5) is 22.2. The molecule has 1 aliphatic rings.